The van der Waals surface area contributed by atoms with Gasteiger partial charge in [-0.05, 0) is 36.4 Å². The highest BCUT2D eigenvalue weighted by Gasteiger charge is 2.34. The topological polar surface area (TPSA) is 97.8 Å². The molecule has 1 heterocycles. The lowest BCUT2D eigenvalue weighted by Gasteiger charge is -2.15. The fraction of sp³-hybridized carbons (Fsp3) is 0.0500. The number of ketones is 1. The number of carbonyl (C=O) groups is 2. The number of aromatic nitrogens is 1. The van der Waals surface area contributed by atoms with Gasteiger partial charge >= 0.3 is 6.18 Å². The van der Waals surface area contributed by atoms with Crippen LogP contribution in [-0.2, 0) is 6.18 Å². The van der Waals surface area contributed by atoms with Gasteiger partial charge in [-0.15, -0.1) is 0 Å². The highest BCUT2D eigenvalue weighted by molar-refractivity contribution is 6.09. The molecular formula is C20H13F3N4O2. The van der Waals surface area contributed by atoms with Crippen LogP contribution < -0.4 is 10.9 Å². The standard InChI is InChI=1S/C20H13F3N4O2/c21-20(22,23)16-9-12(10-24)1-6-17(16)26-27-19(29)14-4-2-13(3-5-14)18(28)15-7-8-25-11-15/h1-9,11,25-26H,(H,27,29). The van der Waals surface area contributed by atoms with Gasteiger partial charge in [-0.3, -0.25) is 20.4 Å². The molecule has 0 aliphatic rings. The van der Waals surface area contributed by atoms with Crippen LogP contribution in [0.25, 0.3) is 0 Å². The minimum atomic E-state index is -4.71. The summed E-state index contributed by atoms with van der Waals surface area (Å²) in [6.07, 6.45) is -1.55. The molecule has 0 bridgehead atoms. The number of nitrogens with zero attached hydrogens (tertiary/aromatic N) is 1. The van der Waals surface area contributed by atoms with Crippen molar-refractivity contribution in [2.75, 3.05) is 5.43 Å². The van der Waals surface area contributed by atoms with Gasteiger partial charge in [0, 0.05) is 29.1 Å². The zero-order chi connectivity index (χ0) is 21.0. The SMILES string of the molecule is N#Cc1ccc(NNC(=O)c2ccc(C(=O)c3cc[nH]c3)cc2)c(C(F)(F)F)c1. The number of alkyl halides is 3. The van der Waals surface area contributed by atoms with Gasteiger partial charge in [0.1, 0.15) is 0 Å². The molecule has 0 saturated carbocycles. The Kier molecular flexibility index (Phi) is 5.36. The van der Waals surface area contributed by atoms with Crippen molar-refractivity contribution in [3.8, 4) is 6.07 Å². The molecule has 3 rings (SSSR count). The number of rotatable bonds is 5. The van der Waals surface area contributed by atoms with Crippen LogP contribution in [0.5, 0.6) is 0 Å². The Morgan fingerprint density at radius 2 is 1.66 bits per heavy atom. The Labute approximate surface area is 162 Å². The van der Waals surface area contributed by atoms with E-state index in [0.717, 1.165) is 6.07 Å². The summed E-state index contributed by atoms with van der Waals surface area (Å²) in [5.74, 6) is -0.924. The molecule has 0 atom stereocenters. The molecule has 146 valence electrons. The van der Waals surface area contributed by atoms with E-state index in [0.29, 0.717) is 17.2 Å². The summed E-state index contributed by atoms with van der Waals surface area (Å²) in [4.78, 5) is 27.2. The molecule has 0 radical (unpaired) electrons. The first-order chi connectivity index (χ1) is 13.8. The van der Waals surface area contributed by atoms with E-state index in [2.05, 4.69) is 15.8 Å². The quantitative estimate of drug-likeness (QED) is 0.449. The summed E-state index contributed by atoms with van der Waals surface area (Å²) >= 11 is 0. The second-order valence-corrected chi connectivity index (χ2v) is 5.96. The Bertz CT molecular complexity index is 1080. The van der Waals surface area contributed by atoms with Crippen molar-refractivity contribution in [2.24, 2.45) is 0 Å². The third kappa shape index (κ3) is 4.44. The molecule has 0 aliphatic heterocycles. The molecule has 0 fully saturated rings. The second kappa shape index (κ2) is 7.90. The van der Waals surface area contributed by atoms with Crippen molar-refractivity contribution < 1.29 is 22.8 Å². The fourth-order valence-electron chi connectivity index (χ4n) is 2.56. The van der Waals surface area contributed by atoms with Gasteiger partial charge < -0.3 is 4.98 Å². The summed E-state index contributed by atoms with van der Waals surface area (Å²) in [5.41, 5.74) is 3.74. The van der Waals surface area contributed by atoms with E-state index >= 15 is 0 Å². The predicted octanol–water partition coefficient (Wildman–Crippen LogP) is 3.89. The molecule has 0 unspecified atom stereocenters. The van der Waals surface area contributed by atoms with E-state index in [1.54, 1.807) is 24.5 Å². The molecule has 3 N–H and O–H groups in total. The average molecular weight is 398 g/mol. The van der Waals surface area contributed by atoms with Crippen LogP contribution in [0.15, 0.2) is 60.9 Å². The molecule has 1 amide bonds. The summed E-state index contributed by atoms with van der Waals surface area (Å²) in [5, 5.41) is 8.77. The number of nitrogens with one attached hydrogen (secondary N) is 3. The van der Waals surface area contributed by atoms with Gasteiger partial charge in [-0.2, -0.15) is 18.4 Å². The summed E-state index contributed by atoms with van der Waals surface area (Å²) in [7, 11) is 0. The van der Waals surface area contributed by atoms with Crippen molar-refractivity contribution in [1.29, 1.82) is 5.26 Å². The maximum absolute atomic E-state index is 13.2. The van der Waals surface area contributed by atoms with Crippen LogP contribution in [-0.4, -0.2) is 16.7 Å². The average Bonchev–Trinajstić information content (AvgIpc) is 3.25. The molecule has 3 aromatic rings. The lowest BCUT2D eigenvalue weighted by Crippen LogP contribution is -2.30. The Hall–Kier alpha value is -4.06. The van der Waals surface area contributed by atoms with E-state index in [-0.39, 0.29) is 16.9 Å². The largest absolute Gasteiger partial charge is 0.418 e. The zero-order valence-electron chi connectivity index (χ0n) is 14.7. The molecule has 0 saturated heterocycles. The van der Waals surface area contributed by atoms with Crippen LogP contribution in [0, 0.1) is 11.3 Å². The molecule has 0 aliphatic carbocycles. The number of amides is 1. The number of hydrogen-bond acceptors (Lipinski definition) is 4. The van der Waals surface area contributed by atoms with Gasteiger partial charge in [-0.25, -0.2) is 0 Å². The third-order valence-electron chi connectivity index (χ3n) is 4.03. The van der Waals surface area contributed by atoms with Crippen molar-refractivity contribution in [3.63, 3.8) is 0 Å². The molecule has 29 heavy (non-hydrogen) atoms. The number of halogens is 3. The molecule has 9 heteroatoms. The molecular weight excluding hydrogens is 385 g/mol. The number of nitriles is 1. The van der Waals surface area contributed by atoms with Crippen LogP contribution >= 0.6 is 0 Å². The molecule has 2 aromatic carbocycles. The number of benzene rings is 2. The second-order valence-electron chi connectivity index (χ2n) is 5.96. The third-order valence-corrected chi connectivity index (χ3v) is 4.03. The van der Waals surface area contributed by atoms with Crippen LogP contribution in [0.2, 0.25) is 0 Å². The molecule has 6 nitrogen and oxygen atoms in total. The molecule has 1 aromatic heterocycles. The van der Waals surface area contributed by atoms with Crippen LogP contribution in [0.4, 0.5) is 18.9 Å². The lowest BCUT2D eigenvalue weighted by molar-refractivity contribution is -0.137. The summed E-state index contributed by atoms with van der Waals surface area (Å²) in [6.45, 7) is 0. The summed E-state index contributed by atoms with van der Waals surface area (Å²) < 4.78 is 39.5. The summed E-state index contributed by atoms with van der Waals surface area (Å²) in [6, 6.07) is 11.9. The smallest absolute Gasteiger partial charge is 0.367 e. The maximum atomic E-state index is 13.2. The van der Waals surface area contributed by atoms with Crippen molar-refractivity contribution >= 4 is 17.4 Å². The van der Waals surface area contributed by atoms with Crippen molar-refractivity contribution in [1.82, 2.24) is 10.4 Å². The lowest BCUT2D eigenvalue weighted by atomic mass is 10.0. The van der Waals surface area contributed by atoms with Crippen LogP contribution in [0.3, 0.4) is 0 Å². The van der Waals surface area contributed by atoms with E-state index in [1.165, 1.54) is 30.3 Å². The van der Waals surface area contributed by atoms with Crippen LogP contribution in [0.1, 0.15) is 37.4 Å². The maximum Gasteiger partial charge on any atom is 0.418 e. The number of aromatic amines is 1. The molecule has 0 spiro atoms. The first-order valence-electron chi connectivity index (χ1n) is 8.25. The first kappa shape index (κ1) is 19.7. The van der Waals surface area contributed by atoms with Crippen molar-refractivity contribution in [2.45, 2.75) is 6.18 Å². The number of hydrogen-bond donors (Lipinski definition) is 3. The fourth-order valence-corrected chi connectivity index (χ4v) is 2.56. The number of hydrazine groups is 1. The zero-order valence-corrected chi connectivity index (χ0v) is 14.7. The van der Waals surface area contributed by atoms with Crippen molar-refractivity contribution in [3.05, 3.63) is 88.7 Å². The van der Waals surface area contributed by atoms with Gasteiger partial charge in [0.05, 0.1) is 22.9 Å². The minimum Gasteiger partial charge on any atom is -0.367 e. The first-order valence-corrected chi connectivity index (χ1v) is 8.25. The minimum absolute atomic E-state index is 0.144. The Morgan fingerprint density at radius 3 is 2.24 bits per heavy atom. The Balaban J connectivity index is 1.72. The van der Waals surface area contributed by atoms with E-state index in [4.69, 9.17) is 5.26 Å². The van der Waals surface area contributed by atoms with E-state index < -0.39 is 23.3 Å². The van der Waals surface area contributed by atoms with E-state index in [1.807, 2.05) is 0 Å². The normalized spacial score (nSPS) is 10.8. The monoisotopic (exact) mass is 398 g/mol. The number of anilines is 1. The van der Waals surface area contributed by atoms with Gasteiger partial charge in [-0.1, -0.05) is 12.1 Å². The number of carbonyl (C=O) groups excluding carboxylic acids is 2. The van der Waals surface area contributed by atoms with Gasteiger partial charge in [0.15, 0.2) is 5.78 Å². The van der Waals surface area contributed by atoms with E-state index in [9.17, 15) is 22.8 Å². The number of H-pyrrole nitrogens is 1. The predicted molar refractivity (Wildman–Crippen MR) is 97.9 cm³/mol. The van der Waals surface area contributed by atoms with Gasteiger partial charge in [0.25, 0.3) is 5.91 Å². The highest BCUT2D eigenvalue weighted by atomic mass is 19.4. The Morgan fingerprint density at radius 1 is 0.966 bits per heavy atom. The van der Waals surface area contributed by atoms with Gasteiger partial charge in [0.2, 0.25) is 0 Å². The highest BCUT2D eigenvalue weighted by Crippen LogP contribution is 2.35.